The molecule has 27 heavy (non-hydrogen) atoms. The number of non-ortho nitro benzene ring substituents is 1. The van der Waals surface area contributed by atoms with Crippen LogP contribution in [0.4, 0.5) is 5.69 Å². The molecule has 0 fully saturated rings. The van der Waals surface area contributed by atoms with Gasteiger partial charge in [-0.05, 0) is 18.9 Å². The number of nitro benzene ring substituents is 1. The topological polar surface area (TPSA) is 101 Å². The van der Waals surface area contributed by atoms with Gasteiger partial charge in [0.2, 0.25) is 5.75 Å². The molecule has 2 rings (SSSR count). The quantitative estimate of drug-likeness (QED) is 0.285. The zero-order valence-corrected chi connectivity index (χ0v) is 15.8. The van der Waals surface area contributed by atoms with Crippen LogP contribution in [0.3, 0.4) is 0 Å². The Morgan fingerprint density at radius 1 is 1.19 bits per heavy atom. The van der Waals surface area contributed by atoms with Crippen LogP contribution in [-0.2, 0) is 11.3 Å². The molecular formula is C19H24N2O6. The minimum absolute atomic E-state index is 0.119. The van der Waals surface area contributed by atoms with Crippen LogP contribution < -0.4 is 15.0 Å². The third-order valence-electron chi connectivity index (χ3n) is 4.10. The van der Waals surface area contributed by atoms with Gasteiger partial charge < -0.3 is 14.0 Å². The van der Waals surface area contributed by atoms with E-state index in [1.165, 1.54) is 29.7 Å². The zero-order chi connectivity index (χ0) is 20.0. The predicted octanol–water partition coefficient (Wildman–Crippen LogP) is 3.81. The molecule has 0 N–H and O–H groups in total. The molecule has 0 spiro atoms. The summed E-state index contributed by atoms with van der Waals surface area (Å²) in [5.74, 6) is -0.645. The van der Waals surface area contributed by atoms with Gasteiger partial charge in [0.25, 0.3) is 11.2 Å². The van der Waals surface area contributed by atoms with Crippen LogP contribution in [0.15, 0.2) is 23.0 Å². The van der Waals surface area contributed by atoms with E-state index in [0.717, 1.165) is 19.3 Å². The first-order valence-corrected chi connectivity index (χ1v) is 9.06. The minimum Gasteiger partial charge on any atom is -0.489 e. The Bertz CT molecular complexity index is 903. The first-order chi connectivity index (χ1) is 12.9. The van der Waals surface area contributed by atoms with Crippen molar-refractivity contribution in [1.82, 2.24) is 4.57 Å². The van der Waals surface area contributed by atoms with Gasteiger partial charge in [0.1, 0.15) is 0 Å². The van der Waals surface area contributed by atoms with E-state index in [1.54, 1.807) is 0 Å². The van der Waals surface area contributed by atoms with Gasteiger partial charge in [-0.2, -0.15) is 0 Å². The second-order valence-corrected chi connectivity index (χ2v) is 6.22. The van der Waals surface area contributed by atoms with Crippen LogP contribution in [0.2, 0.25) is 0 Å². The second-order valence-electron chi connectivity index (χ2n) is 6.22. The summed E-state index contributed by atoms with van der Waals surface area (Å²) in [4.78, 5) is 35.2. The molecule has 0 atom stereocenters. The van der Waals surface area contributed by atoms with E-state index in [0.29, 0.717) is 30.5 Å². The van der Waals surface area contributed by atoms with Gasteiger partial charge in [0.15, 0.2) is 5.75 Å². The molecule has 8 nitrogen and oxygen atoms in total. The fraction of sp³-hybridized carbons (Fsp3) is 0.474. The fourth-order valence-corrected chi connectivity index (χ4v) is 2.73. The van der Waals surface area contributed by atoms with Crippen molar-refractivity contribution in [3.8, 4) is 11.5 Å². The third kappa shape index (κ3) is 4.64. The van der Waals surface area contributed by atoms with Crippen molar-refractivity contribution in [3.63, 3.8) is 0 Å². The summed E-state index contributed by atoms with van der Waals surface area (Å²) in [5.41, 5.74) is -0.255. The zero-order valence-electron chi connectivity index (χ0n) is 15.8. The van der Waals surface area contributed by atoms with E-state index in [-0.39, 0.29) is 17.2 Å². The van der Waals surface area contributed by atoms with Gasteiger partial charge >= 0.3 is 5.97 Å². The molecule has 0 saturated heterocycles. The summed E-state index contributed by atoms with van der Waals surface area (Å²) >= 11 is 0. The monoisotopic (exact) mass is 376 g/mol. The van der Waals surface area contributed by atoms with E-state index in [9.17, 15) is 19.7 Å². The molecule has 1 aromatic heterocycles. The highest BCUT2D eigenvalue weighted by Gasteiger charge is 2.22. The number of benzene rings is 1. The normalized spacial score (nSPS) is 10.8. The highest BCUT2D eigenvalue weighted by atomic mass is 16.6. The molecule has 0 saturated carbocycles. The second kappa shape index (κ2) is 9.16. The smallest absolute Gasteiger partial charge is 0.308 e. The van der Waals surface area contributed by atoms with Crippen molar-refractivity contribution >= 4 is 22.6 Å². The number of esters is 1. The average Bonchev–Trinajstić information content (AvgIpc) is 2.63. The van der Waals surface area contributed by atoms with Crippen molar-refractivity contribution in [2.24, 2.45) is 0 Å². The number of unbranched alkanes of at least 4 members (excludes halogenated alkanes) is 2. The van der Waals surface area contributed by atoms with E-state index in [2.05, 4.69) is 0 Å². The number of carbonyl (C=O) groups excluding carboxylic acids is 1. The lowest BCUT2D eigenvalue weighted by Gasteiger charge is -2.17. The maximum absolute atomic E-state index is 13.0. The van der Waals surface area contributed by atoms with E-state index < -0.39 is 16.5 Å². The Morgan fingerprint density at radius 3 is 2.48 bits per heavy atom. The summed E-state index contributed by atoms with van der Waals surface area (Å²) in [5, 5.41) is 11.7. The molecular weight excluding hydrogens is 352 g/mol. The lowest BCUT2D eigenvalue weighted by molar-refractivity contribution is -0.384. The number of carbonyl (C=O) groups is 1. The molecule has 0 radical (unpaired) electrons. The van der Waals surface area contributed by atoms with Crippen molar-refractivity contribution in [3.05, 3.63) is 38.7 Å². The van der Waals surface area contributed by atoms with Gasteiger partial charge in [-0.3, -0.25) is 19.7 Å². The standard InChI is InChI=1S/C19H24N2O6/c1-4-6-10-20-16-12-14(21(24)25)8-9-15(16)17(26-11-7-5-2)18(19(20)23)27-13(3)22/h8-9,12H,4-7,10-11H2,1-3H3. The molecule has 0 aliphatic carbocycles. The number of pyridine rings is 1. The number of hydrogen-bond acceptors (Lipinski definition) is 6. The molecule has 1 heterocycles. The predicted molar refractivity (Wildman–Crippen MR) is 101 cm³/mol. The van der Waals surface area contributed by atoms with Gasteiger partial charge in [-0.25, -0.2) is 0 Å². The molecule has 0 aliphatic rings. The van der Waals surface area contributed by atoms with Crippen LogP contribution in [-0.4, -0.2) is 22.1 Å². The van der Waals surface area contributed by atoms with Crippen LogP contribution in [0, 0.1) is 10.1 Å². The maximum atomic E-state index is 13.0. The SMILES string of the molecule is CCCCOc1c(OC(C)=O)c(=O)n(CCCC)c2cc([N+](=O)[O-])ccc12. The van der Waals surface area contributed by atoms with E-state index >= 15 is 0 Å². The Kier molecular flexibility index (Phi) is 6.92. The van der Waals surface area contributed by atoms with Gasteiger partial charge in [-0.15, -0.1) is 0 Å². The summed E-state index contributed by atoms with van der Waals surface area (Å²) in [7, 11) is 0. The lowest BCUT2D eigenvalue weighted by atomic mass is 10.1. The Morgan fingerprint density at radius 2 is 1.89 bits per heavy atom. The Hall–Kier alpha value is -2.90. The van der Waals surface area contributed by atoms with Crippen molar-refractivity contribution in [2.75, 3.05) is 6.61 Å². The highest BCUT2D eigenvalue weighted by molar-refractivity contribution is 5.90. The number of hydrogen-bond donors (Lipinski definition) is 0. The van der Waals surface area contributed by atoms with Crippen LogP contribution in [0.25, 0.3) is 10.9 Å². The number of nitrogens with zero attached hydrogens (tertiary/aromatic N) is 2. The number of nitro groups is 1. The van der Waals surface area contributed by atoms with Crippen LogP contribution in [0.1, 0.15) is 46.5 Å². The molecule has 0 amide bonds. The Labute approximate surface area is 156 Å². The first kappa shape index (κ1) is 20.4. The summed E-state index contributed by atoms with van der Waals surface area (Å²) in [6, 6.07) is 4.24. The maximum Gasteiger partial charge on any atom is 0.308 e. The molecule has 146 valence electrons. The van der Waals surface area contributed by atoms with Crippen LogP contribution in [0.5, 0.6) is 11.5 Å². The molecule has 8 heteroatoms. The first-order valence-electron chi connectivity index (χ1n) is 9.06. The minimum atomic E-state index is -0.629. The number of aromatic nitrogens is 1. The molecule has 2 aromatic rings. The average molecular weight is 376 g/mol. The third-order valence-corrected chi connectivity index (χ3v) is 4.10. The molecule has 0 unspecified atom stereocenters. The van der Waals surface area contributed by atoms with E-state index in [1.807, 2.05) is 13.8 Å². The van der Waals surface area contributed by atoms with E-state index in [4.69, 9.17) is 9.47 Å². The lowest BCUT2D eigenvalue weighted by Crippen LogP contribution is -2.25. The van der Waals surface area contributed by atoms with Gasteiger partial charge in [0, 0.05) is 31.0 Å². The Balaban J connectivity index is 2.78. The summed E-state index contributed by atoms with van der Waals surface area (Å²) in [6.45, 7) is 5.89. The van der Waals surface area contributed by atoms with Crippen molar-refractivity contribution in [2.45, 2.75) is 53.0 Å². The van der Waals surface area contributed by atoms with Gasteiger partial charge in [0.05, 0.1) is 17.0 Å². The molecule has 1 aromatic carbocycles. The van der Waals surface area contributed by atoms with Crippen LogP contribution >= 0.6 is 0 Å². The number of rotatable bonds is 9. The van der Waals surface area contributed by atoms with Crippen molar-refractivity contribution < 1.29 is 19.2 Å². The summed E-state index contributed by atoms with van der Waals surface area (Å²) < 4.78 is 12.4. The number of aryl methyl sites for hydroxylation is 1. The number of fused-ring (bicyclic) bond motifs is 1. The molecule has 0 aliphatic heterocycles. The highest BCUT2D eigenvalue weighted by Crippen LogP contribution is 2.35. The fourth-order valence-electron chi connectivity index (χ4n) is 2.73. The largest absolute Gasteiger partial charge is 0.489 e. The number of ether oxygens (including phenoxy) is 2. The summed E-state index contributed by atoms with van der Waals surface area (Å²) in [6.07, 6.45) is 3.18. The van der Waals surface area contributed by atoms with Gasteiger partial charge in [-0.1, -0.05) is 26.7 Å². The van der Waals surface area contributed by atoms with Crippen molar-refractivity contribution in [1.29, 1.82) is 0 Å². The molecule has 0 bridgehead atoms.